The molecule has 12 atom stereocenters. The van der Waals surface area contributed by atoms with Crippen LogP contribution in [-0.4, -0.2) is 130 Å². The summed E-state index contributed by atoms with van der Waals surface area (Å²) in [4.78, 5) is 64.7. The second kappa shape index (κ2) is 20.3. The van der Waals surface area contributed by atoms with E-state index >= 15 is 0 Å². The van der Waals surface area contributed by atoms with Gasteiger partial charge in [-0.15, -0.1) is 0 Å². The highest BCUT2D eigenvalue weighted by atomic mass is 16.7. The van der Waals surface area contributed by atoms with Crippen molar-refractivity contribution in [2.24, 2.45) is 10.8 Å². The minimum absolute atomic E-state index is 0.0667. The fourth-order valence-electron chi connectivity index (χ4n) is 8.79. The van der Waals surface area contributed by atoms with Crippen molar-refractivity contribution < 1.29 is 82.3 Å². The number of unbranched alkanes of at least 4 members (excludes halogenated alkanes) is 1. The summed E-state index contributed by atoms with van der Waals surface area (Å²) in [6.45, 7) is 11.2. The Bertz CT molecular complexity index is 1860. The van der Waals surface area contributed by atoms with Crippen molar-refractivity contribution in [3.63, 3.8) is 0 Å². The van der Waals surface area contributed by atoms with Gasteiger partial charge in [-0.3, -0.25) is 9.59 Å². The molecule has 4 N–H and O–H groups in total. The molecule has 0 radical (unpaired) electrons. The third kappa shape index (κ3) is 11.7. The van der Waals surface area contributed by atoms with Crippen molar-refractivity contribution in [3.05, 3.63) is 59.8 Å². The molecular formula is C46H64O17. The average Bonchev–Trinajstić information content (AvgIpc) is 3.58. The Morgan fingerprint density at radius 1 is 0.952 bits per heavy atom. The molecule has 0 spiro atoms. The summed E-state index contributed by atoms with van der Waals surface area (Å²) in [5.41, 5.74) is -2.09. The first kappa shape index (κ1) is 49.8. The summed E-state index contributed by atoms with van der Waals surface area (Å²) >= 11 is 0. The predicted molar refractivity (Wildman–Crippen MR) is 222 cm³/mol. The number of fused-ring (bicyclic) bond motifs is 8. The Kier molecular flexibility index (Phi) is 16.0. The van der Waals surface area contributed by atoms with Crippen LogP contribution in [0, 0.1) is 10.8 Å². The topological polar surface area (TPSA) is 240 Å². The first-order valence-corrected chi connectivity index (χ1v) is 21.6. The van der Waals surface area contributed by atoms with Crippen LogP contribution >= 0.6 is 0 Å². The molecule has 0 aromatic carbocycles. The number of esters is 5. The Morgan fingerprint density at radius 3 is 2.35 bits per heavy atom. The Labute approximate surface area is 368 Å². The van der Waals surface area contributed by atoms with Gasteiger partial charge in [-0.1, -0.05) is 77.0 Å². The number of allylic oxidation sites excluding steroid dienone is 3. The standard InChI is InChI=1S/C46H64O17/c1-9-10-11-12-13-14-37(50)61-42-33-23-40(53)60-41(33)35-24-34(26(2)47)59-39(52)21-29(49)20-31-22-36(57-27(3)48)44(6,7)45(54,62-31)25-32-18-28(19-38(51)56-8)17-30(58-32)15-16-43(4,5)46(42,55)63-35/h11-16,19,23,26,29-32,34-36,41-42,47,49,54-55H,9-10,17-18,20-22,24-25H2,1-8H3/b12-11+,14-13+,16-15+,28-19-/t26-,29-,30+,31-,32+,34-,35-,36+,41+,42+,45+,46-/m1/s1. The number of carbonyl (C=O) groups is 5. The highest BCUT2D eigenvalue weighted by Crippen LogP contribution is 2.51. The number of cyclic esters (lactones) is 1. The van der Waals surface area contributed by atoms with Crippen molar-refractivity contribution in [1.29, 1.82) is 0 Å². The molecule has 0 unspecified atom stereocenters. The SMILES string of the molecule is CCC/C=C/C=C/C(=O)O[C@H]1C2=CC(=O)O[C@@H]2[C@H]2C[C@H]([C@@H](C)O)OC(=O)C[C@H](O)C[C@@H]3C[C@H](OC(C)=O)C(C)(C)[C@](O)(C[C@@H]4C/C(=C\C(=O)OC)C[C@H](/C=C/C(C)(C)[C@]1(O)O2)O4)O3. The van der Waals surface area contributed by atoms with Gasteiger partial charge in [0.15, 0.2) is 18.0 Å². The lowest BCUT2D eigenvalue weighted by Crippen LogP contribution is -2.65. The zero-order valence-electron chi connectivity index (χ0n) is 37.4. The lowest BCUT2D eigenvalue weighted by molar-refractivity contribution is -0.348. The summed E-state index contributed by atoms with van der Waals surface area (Å²) in [7, 11) is 1.24. The molecule has 5 heterocycles. The summed E-state index contributed by atoms with van der Waals surface area (Å²) in [5, 5.41) is 47.5. The van der Waals surface area contributed by atoms with Gasteiger partial charge in [-0.05, 0) is 26.2 Å². The van der Waals surface area contributed by atoms with Gasteiger partial charge in [0.2, 0.25) is 5.79 Å². The minimum atomic E-state index is -2.47. The van der Waals surface area contributed by atoms with Gasteiger partial charge in [0.05, 0.1) is 49.5 Å². The molecule has 3 saturated heterocycles. The third-order valence-electron chi connectivity index (χ3n) is 12.5. The Hall–Kier alpha value is -4.23. The van der Waals surface area contributed by atoms with E-state index in [2.05, 4.69) is 0 Å². The maximum Gasteiger partial charge on any atom is 0.331 e. The number of aliphatic hydroxyl groups is 4. The summed E-state index contributed by atoms with van der Waals surface area (Å²) in [5.74, 6) is -8.33. The highest BCUT2D eigenvalue weighted by molar-refractivity contribution is 5.87. The van der Waals surface area contributed by atoms with Gasteiger partial charge in [0.25, 0.3) is 0 Å². The van der Waals surface area contributed by atoms with E-state index in [4.69, 9.17) is 37.9 Å². The fourth-order valence-corrected chi connectivity index (χ4v) is 8.79. The van der Waals surface area contributed by atoms with Crippen LogP contribution in [-0.2, 0) is 61.9 Å². The molecular weight excluding hydrogens is 824 g/mol. The molecule has 0 aromatic rings. The lowest BCUT2D eigenvalue weighted by Gasteiger charge is -2.53. The van der Waals surface area contributed by atoms with Gasteiger partial charge in [-0.2, -0.15) is 0 Å². The molecule has 0 amide bonds. The van der Waals surface area contributed by atoms with Gasteiger partial charge in [0, 0.05) is 61.8 Å². The summed E-state index contributed by atoms with van der Waals surface area (Å²) in [6.07, 6.45) is 1.01. The lowest BCUT2D eigenvalue weighted by atomic mass is 9.70. The van der Waals surface area contributed by atoms with Crippen LogP contribution in [0.15, 0.2) is 59.8 Å². The van der Waals surface area contributed by atoms with Crippen molar-refractivity contribution >= 4 is 29.8 Å². The maximum atomic E-state index is 13.4. The minimum Gasteiger partial charge on any atom is -0.466 e. The van der Waals surface area contributed by atoms with Crippen molar-refractivity contribution in [1.82, 2.24) is 0 Å². The highest BCUT2D eigenvalue weighted by Gasteiger charge is 2.63. The number of hydrogen-bond acceptors (Lipinski definition) is 17. The molecule has 5 rings (SSSR count). The van der Waals surface area contributed by atoms with Crippen LogP contribution in [0.25, 0.3) is 0 Å². The van der Waals surface area contributed by atoms with Crippen LogP contribution in [0.1, 0.15) is 106 Å². The van der Waals surface area contributed by atoms with Gasteiger partial charge < -0.3 is 58.3 Å². The van der Waals surface area contributed by atoms with Crippen LogP contribution < -0.4 is 0 Å². The van der Waals surface area contributed by atoms with Crippen LogP contribution in [0.5, 0.6) is 0 Å². The molecule has 6 bridgehead atoms. The third-order valence-corrected chi connectivity index (χ3v) is 12.5. The van der Waals surface area contributed by atoms with Gasteiger partial charge in [-0.25, -0.2) is 14.4 Å². The van der Waals surface area contributed by atoms with Crippen molar-refractivity contribution in [3.8, 4) is 0 Å². The molecule has 0 saturated carbocycles. The fraction of sp³-hybridized carbons (Fsp3) is 0.674. The second-order valence-corrected chi connectivity index (χ2v) is 18.2. The van der Waals surface area contributed by atoms with Gasteiger partial charge >= 0.3 is 29.8 Å². The Balaban J connectivity index is 1.62. The van der Waals surface area contributed by atoms with Crippen molar-refractivity contribution in [2.75, 3.05) is 7.11 Å². The molecule has 17 heteroatoms. The second-order valence-electron chi connectivity index (χ2n) is 18.2. The van der Waals surface area contributed by atoms with Crippen LogP contribution in [0.4, 0.5) is 0 Å². The zero-order valence-corrected chi connectivity index (χ0v) is 37.4. The zero-order chi connectivity index (χ0) is 46.5. The summed E-state index contributed by atoms with van der Waals surface area (Å²) in [6, 6.07) is 0. The predicted octanol–water partition coefficient (Wildman–Crippen LogP) is 3.64. The molecule has 5 aliphatic rings. The quantitative estimate of drug-likeness (QED) is 0.0894. The number of hydrogen-bond donors (Lipinski definition) is 4. The van der Waals surface area contributed by atoms with E-state index in [1.807, 2.05) is 13.0 Å². The molecule has 3 fully saturated rings. The molecule has 0 aliphatic carbocycles. The normalized spacial score (nSPS) is 37.5. The van der Waals surface area contributed by atoms with E-state index in [1.165, 1.54) is 33.1 Å². The molecule has 0 aromatic heterocycles. The number of aliphatic hydroxyl groups excluding tert-OH is 2. The average molecular weight is 889 g/mol. The first-order valence-electron chi connectivity index (χ1n) is 21.6. The number of carbonyl (C=O) groups excluding carboxylic acids is 5. The number of methoxy groups -OCH3 is 1. The van der Waals surface area contributed by atoms with E-state index in [0.717, 1.165) is 25.0 Å². The summed E-state index contributed by atoms with van der Waals surface area (Å²) < 4.78 is 47.3. The van der Waals surface area contributed by atoms with Gasteiger partial charge in [0.1, 0.15) is 18.3 Å². The van der Waals surface area contributed by atoms with Crippen LogP contribution in [0.3, 0.4) is 0 Å². The van der Waals surface area contributed by atoms with E-state index < -0.39 is 120 Å². The molecule has 17 nitrogen and oxygen atoms in total. The van der Waals surface area contributed by atoms with Crippen LogP contribution in [0.2, 0.25) is 0 Å². The van der Waals surface area contributed by atoms with E-state index in [0.29, 0.717) is 5.57 Å². The number of ether oxygens (including phenoxy) is 8. The molecule has 5 aliphatic heterocycles. The van der Waals surface area contributed by atoms with Crippen molar-refractivity contribution in [2.45, 2.75) is 179 Å². The molecule has 350 valence electrons. The van der Waals surface area contributed by atoms with E-state index in [1.54, 1.807) is 45.9 Å². The number of rotatable bonds is 8. The van der Waals surface area contributed by atoms with E-state index in [-0.39, 0.29) is 44.1 Å². The smallest absolute Gasteiger partial charge is 0.331 e. The Morgan fingerprint density at radius 2 is 1.68 bits per heavy atom. The molecule has 63 heavy (non-hydrogen) atoms. The first-order chi connectivity index (χ1) is 29.5. The maximum absolute atomic E-state index is 13.4. The van der Waals surface area contributed by atoms with E-state index in [9.17, 15) is 44.4 Å². The largest absolute Gasteiger partial charge is 0.466 e. The monoisotopic (exact) mass is 888 g/mol.